The fraction of sp³-hybridized carbons (Fsp3) is 0.350. The molecule has 0 saturated heterocycles. The van der Waals surface area contributed by atoms with Crippen LogP contribution in [0.3, 0.4) is 0 Å². The number of hydrogen-bond acceptors (Lipinski definition) is 3. The van der Waals surface area contributed by atoms with Crippen molar-refractivity contribution < 1.29 is 9.90 Å². The molecule has 0 aliphatic carbocycles. The molecule has 0 aliphatic heterocycles. The first kappa shape index (κ1) is 17.1. The molecule has 3 aromatic rings. The van der Waals surface area contributed by atoms with Crippen LogP contribution in [-0.2, 0) is 12.8 Å². The first-order valence-corrected chi connectivity index (χ1v) is 8.69. The lowest BCUT2D eigenvalue weighted by Crippen LogP contribution is -2.08. The zero-order valence-corrected chi connectivity index (χ0v) is 15.1. The van der Waals surface area contributed by atoms with Gasteiger partial charge in [-0.05, 0) is 49.4 Å². The van der Waals surface area contributed by atoms with Crippen molar-refractivity contribution in [3.63, 3.8) is 0 Å². The Morgan fingerprint density at radius 2 is 1.96 bits per heavy atom. The molecule has 0 fully saturated rings. The van der Waals surface area contributed by atoms with E-state index in [2.05, 4.69) is 49.1 Å². The maximum Gasteiger partial charge on any atom is 0.354 e. The fourth-order valence-corrected chi connectivity index (χ4v) is 3.40. The minimum atomic E-state index is -1.01. The second-order valence-corrected chi connectivity index (χ2v) is 6.35. The Morgan fingerprint density at radius 1 is 1.20 bits per heavy atom. The van der Waals surface area contributed by atoms with E-state index in [1.807, 2.05) is 11.4 Å². The number of rotatable bonds is 5. The van der Waals surface area contributed by atoms with Crippen molar-refractivity contribution in [3.05, 3.63) is 52.5 Å². The molecule has 130 valence electrons. The second kappa shape index (κ2) is 6.67. The molecule has 25 heavy (non-hydrogen) atoms. The van der Waals surface area contributed by atoms with Gasteiger partial charge in [-0.3, -0.25) is 0 Å². The number of hydrogen-bond donors (Lipinski definition) is 1. The Kier molecular flexibility index (Phi) is 4.57. The smallest absolute Gasteiger partial charge is 0.354 e. The minimum Gasteiger partial charge on any atom is -0.477 e. The maximum absolute atomic E-state index is 11.6. The van der Waals surface area contributed by atoms with Gasteiger partial charge in [0.05, 0.1) is 11.3 Å². The number of benzene rings is 1. The molecule has 0 atom stereocenters. The van der Waals surface area contributed by atoms with Crippen LogP contribution in [0, 0.1) is 13.8 Å². The molecule has 0 unspecified atom stereocenters. The summed E-state index contributed by atoms with van der Waals surface area (Å²) >= 11 is 0. The van der Waals surface area contributed by atoms with Gasteiger partial charge in [-0.25, -0.2) is 14.3 Å². The van der Waals surface area contributed by atoms with E-state index in [1.54, 1.807) is 6.07 Å². The Labute approximate surface area is 147 Å². The van der Waals surface area contributed by atoms with Crippen LogP contribution in [0.1, 0.15) is 53.3 Å². The molecular weight excluding hydrogens is 314 g/mol. The predicted molar refractivity (Wildman–Crippen MR) is 98.2 cm³/mol. The lowest BCUT2D eigenvalue weighted by atomic mass is 9.94. The first-order valence-electron chi connectivity index (χ1n) is 8.69. The van der Waals surface area contributed by atoms with E-state index in [-0.39, 0.29) is 5.69 Å². The van der Waals surface area contributed by atoms with Gasteiger partial charge in [-0.2, -0.15) is 5.10 Å². The molecule has 0 radical (unpaired) electrons. The first-order chi connectivity index (χ1) is 12.0. The van der Waals surface area contributed by atoms with Crippen molar-refractivity contribution >= 4 is 11.6 Å². The molecule has 0 amide bonds. The van der Waals surface area contributed by atoms with Gasteiger partial charge in [-0.1, -0.05) is 38.5 Å². The number of carboxylic acid groups (broad SMARTS) is 1. The van der Waals surface area contributed by atoms with Crippen molar-refractivity contribution in [1.82, 2.24) is 14.6 Å². The average Bonchev–Trinajstić information content (AvgIpc) is 2.91. The monoisotopic (exact) mass is 337 g/mol. The summed E-state index contributed by atoms with van der Waals surface area (Å²) in [5.41, 5.74) is 6.88. The van der Waals surface area contributed by atoms with Gasteiger partial charge in [-0.15, -0.1) is 0 Å². The Hall–Kier alpha value is -2.69. The zero-order chi connectivity index (χ0) is 18.1. The summed E-state index contributed by atoms with van der Waals surface area (Å²) in [4.78, 5) is 16.0. The predicted octanol–water partition coefficient (Wildman–Crippen LogP) is 4.23. The average molecular weight is 337 g/mol. The number of carbonyl (C=O) groups is 1. The minimum absolute atomic E-state index is 0.0729. The molecule has 0 saturated carbocycles. The Bertz CT molecular complexity index is 957. The van der Waals surface area contributed by atoms with Crippen LogP contribution in [0.25, 0.3) is 16.8 Å². The van der Waals surface area contributed by atoms with E-state index in [0.717, 1.165) is 47.3 Å². The van der Waals surface area contributed by atoms with Gasteiger partial charge in [0.25, 0.3) is 0 Å². The van der Waals surface area contributed by atoms with E-state index in [0.29, 0.717) is 5.65 Å². The molecule has 0 bridgehead atoms. The molecule has 2 heterocycles. The zero-order valence-electron chi connectivity index (χ0n) is 15.1. The van der Waals surface area contributed by atoms with Crippen molar-refractivity contribution in [1.29, 1.82) is 0 Å². The third-order valence-corrected chi connectivity index (χ3v) is 4.55. The molecule has 1 N–H and O–H groups in total. The van der Waals surface area contributed by atoms with E-state index in [1.165, 1.54) is 5.56 Å². The van der Waals surface area contributed by atoms with Crippen molar-refractivity contribution in [2.24, 2.45) is 0 Å². The van der Waals surface area contributed by atoms with E-state index in [4.69, 9.17) is 0 Å². The SMILES string of the molecule is CCCc1cc(C(=O)O)nc2c(-c3c(C)cccc3CC)c(C)nn12. The van der Waals surface area contributed by atoms with Gasteiger partial charge >= 0.3 is 5.97 Å². The molecular formula is C20H23N3O2. The summed E-state index contributed by atoms with van der Waals surface area (Å²) in [5.74, 6) is -1.01. The van der Waals surface area contributed by atoms with Crippen molar-refractivity contribution in [2.75, 3.05) is 0 Å². The highest BCUT2D eigenvalue weighted by Gasteiger charge is 2.21. The second-order valence-electron chi connectivity index (χ2n) is 6.35. The van der Waals surface area contributed by atoms with E-state index < -0.39 is 5.97 Å². The topological polar surface area (TPSA) is 67.5 Å². The lowest BCUT2D eigenvalue weighted by Gasteiger charge is -2.12. The van der Waals surface area contributed by atoms with Crippen molar-refractivity contribution in [3.8, 4) is 11.1 Å². The van der Waals surface area contributed by atoms with Crippen LogP contribution >= 0.6 is 0 Å². The molecule has 1 aromatic carbocycles. The fourth-order valence-electron chi connectivity index (χ4n) is 3.40. The summed E-state index contributed by atoms with van der Waals surface area (Å²) in [5, 5.41) is 14.2. The molecule has 0 aliphatic rings. The summed E-state index contributed by atoms with van der Waals surface area (Å²) in [6, 6.07) is 7.87. The van der Waals surface area contributed by atoms with Gasteiger partial charge < -0.3 is 5.11 Å². The summed E-state index contributed by atoms with van der Waals surface area (Å²) in [7, 11) is 0. The van der Waals surface area contributed by atoms with Gasteiger partial charge in [0.15, 0.2) is 11.3 Å². The largest absolute Gasteiger partial charge is 0.477 e. The van der Waals surface area contributed by atoms with Crippen molar-refractivity contribution in [2.45, 2.75) is 47.0 Å². The molecule has 3 rings (SSSR count). The number of nitrogens with zero attached hydrogens (tertiary/aromatic N) is 3. The number of aromatic nitrogens is 3. The highest BCUT2D eigenvalue weighted by molar-refractivity contribution is 5.89. The number of fused-ring (bicyclic) bond motifs is 1. The number of aromatic carboxylic acids is 1. The van der Waals surface area contributed by atoms with Crippen LogP contribution in [-0.4, -0.2) is 25.7 Å². The Morgan fingerprint density at radius 3 is 2.60 bits per heavy atom. The third-order valence-electron chi connectivity index (χ3n) is 4.55. The van der Waals surface area contributed by atoms with Crippen LogP contribution in [0.15, 0.2) is 24.3 Å². The standard InChI is InChI=1S/C20H23N3O2/c1-5-8-15-11-16(20(24)25)21-19-18(13(4)22-23(15)19)17-12(3)9-7-10-14(17)6-2/h7,9-11H,5-6,8H2,1-4H3,(H,24,25). The third kappa shape index (κ3) is 2.90. The molecule has 5 heteroatoms. The number of aryl methyl sites for hydroxylation is 4. The quantitative estimate of drug-likeness (QED) is 0.756. The highest BCUT2D eigenvalue weighted by Crippen LogP contribution is 2.34. The van der Waals surface area contributed by atoms with Crippen LogP contribution in [0.2, 0.25) is 0 Å². The summed E-state index contributed by atoms with van der Waals surface area (Å²) in [6.45, 7) is 8.23. The Balaban J connectivity index is 2.41. The van der Waals surface area contributed by atoms with Gasteiger partial charge in [0.2, 0.25) is 0 Å². The normalized spacial score (nSPS) is 11.2. The maximum atomic E-state index is 11.6. The molecule has 0 spiro atoms. The molecule has 5 nitrogen and oxygen atoms in total. The van der Waals surface area contributed by atoms with Crippen LogP contribution in [0.5, 0.6) is 0 Å². The van der Waals surface area contributed by atoms with Crippen LogP contribution < -0.4 is 0 Å². The van der Waals surface area contributed by atoms with E-state index in [9.17, 15) is 9.90 Å². The van der Waals surface area contributed by atoms with E-state index >= 15 is 0 Å². The molecule has 2 aromatic heterocycles. The number of carboxylic acids is 1. The lowest BCUT2D eigenvalue weighted by molar-refractivity contribution is 0.0690. The summed E-state index contributed by atoms with van der Waals surface area (Å²) in [6.07, 6.45) is 2.57. The van der Waals surface area contributed by atoms with Crippen LogP contribution in [0.4, 0.5) is 0 Å². The van der Waals surface area contributed by atoms with Gasteiger partial charge in [0.1, 0.15) is 0 Å². The highest BCUT2D eigenvalue weighted by atomic mass is 16.4. The van der Waals surface area contributed by atoms with Gasteiger partial charge in [0, 0.05) is 5.69 Å². The summed E-state index contributed by atoms with van der Waals surface area (Å²) < 4.78 is 1.81.